The number of benzene rings is 1. The summed E-state index contributed by atoms with van der Waals surface area (Å²) in [5.41, 5.74) is 0. The van der Waals surface area contributed by atoms with Crippen molar-refractivity contribution in [1.82, 2.24) is 0 Å². The van der Waals surface area contributed by atoms with Crippen molar-refractivity contribution in [1.29, 1.82) is 0 Å². The molecule has 0 saturated heterocycles. The minimum atomic E-state index is -0.172. The molecule has 0 spiro atoms. The van der Waals surface area contributed by atoms with E-state index in [2.05, 4.69) is 6.92 Å². The third kappa shape index (κ3) is 24.9. The van der Waals surface area contributed by atoms with Crippen LogP contribution in [-0.2, 0) is 9.53 Å². The lowest BCUT2D eigenvalue weighted by Crippen LogP contribution is -2.07. The summed E-state index contributed by atoms with van der Waals surface area (Å²) in [6, 6.07) is 9.43. The second kappa shape index (κ2) is 26.7. The molecule has 0 aromatic heterocycles. The van der Waals surface area contributed by atoms with Gasteiger partial charge in [0.2, 0.25) is 0 Å². The van der Waals surface area contributed by atoms with Crippen LogP contribution in [0, 0.1) is 0 Å². The van der Waals surface area contributed by atoms with E-state index in [0.717, 1.165) is 18.6 Å². The van der Waals surface area contributed by atoms with Crippen LogP contribution < -0.4 is 4.74 Å². The van der Waals surface area contributed by atoms with E-state index >= 15 is 0 Å². The Morgan fingerprint density at radius 3 is 1.58 bits per heavy atom. The largest absolute Gasteiger partial charge is 0.491 e. The van der Waals surface area contributed by atoms with Gasteiger partial charge in [0.05, 0.1) is 13.2 Å². The number of hydrogen-bond donors (Lipinski definition) is 2. The van der Waals surface area contributed by atoms with Crippen LogP contribution in [-0.4, -0.2) is 42.6 Å². The van der Waals surface area contributed by atoms with Crippen molar-refractivity contribution in [3.05, 3.63) is 30.3 Å². The first kappa shape index (κ1) is 31.4. The monoisotopic (exact) mass is 466 g/mol. The molecule has 0 fully saturated rings. The molecule has 0 radical (unpaired) electrons. The quantitative estimate of drug-likeness (QED) is 0.153. The number of para-hydroxylation sites is 1. The van der Waals surface area contributed by atoms with Crippen LogP contribution in [0.4, 0.5) is 0 Å². The van der Waals surface area contributed by atoms with Gasteiger partial charge in [0.15, 0.2) is 0 Å². The number of hydrogen-bond acceptors (Lipinski definition) is 5. The Morgan fingerprint density at radius 2 is 1.12 bits per heavy atom. The summed E-state index contributed by atoms with van der Waals surface area (Å²) in [5.74, 6) is 0.630. The van der Waals surface area contributed by atoms with Gasteiger partial charge in [0.25, 0.3) is 0 Å². The maximum Gasteiger partial charge on any atom is 0.305 e. The highest BCUT2D eigenvalue weighted by Gasteiger charge is 2.01. The fourth-order valence-corrected chi connectivity index (χ4v) is 3.55. The molecule has 2 N–H and O–H groups in total. The second-order valence-corrected chi connectivity index (χ2v) is 8.53. The van der Waals surface area contributed by atoms with E-state index in [1.165, 1.54) is 83.5 Å². The molecule has 0 saturated carbocycles. The summed E-state index contributed by atoms with van der Waals surface area (Å²) in [6.45, 7) is 2.76. The van der Waals surface area contributed by atoms with Gasteiger partial charge < -0.3 is 19.7 Å². The number of ether oxygens (including phenoxy) is 2. The third-order valence-electron chi connectivity index (χ3n) is 5.44. The molecule has 0 atom stereocenters. The van der Waals surface area contributed by atoms with Crippen LogP contribution in [0.5, 0.6) is 5.75 Å². The third-order valence-corrected chi connectivity index (χ3v) is 5.44. The van der Waals surface area contributed by atoms with Gasteiger partial charge in [-0.15, -0.1) is 0 Å². The molecule has 5 nitrogen and oxygen atoms in total. The van der Waals surface area contributed by atoms with Crippen LogP contribution >= 0.6 is 0 Å². The molecule has 0 aliphatic heterocycles. The Balaban J connectivity index is 0.000000843. The van der Waals surface area contributed by atoms with Gasteiger partial charge in [-0.2, -0.15) is 0 Å². The average Bonchev–Trinajstić information content (AvgIpc) is 2.85. The molecular weight excluding hydrogens is 416 g/mol. The van der Waals surface area contributed by atoms with Crippen molar-refractivity contribution in [2.45, 2.75) is 110 Å². The van der Waals surface area contributed by atoms with Crippen LogP contribution in [0.15, 0.2) is 30.3 Å². The van der Waals surface area contributed by atoms with Gasteiger partial charge in [-0.3, -0.25) is 4.79 Å². The Bertz CT molecular complexity index is 506. The van der Waals surface area contributed by atoms with Crippen LogP contribution in [0.2, 0.25) is 0 Å². The van der Waals surface area contributed by atoms with E-state index in [0.29, 0.717) is 13.0 Å². The molecule has 1 aromatic carbocycles. The number of unbranched alkanes of at least 4 members (excludes halogenated alkanes) is 14. The minimum Gasteiger partial charge on any atom is -0.491 e. The average molecular weight is 467 g/mol. The SMILES string of the molecule is CCCCCCCCCCCCCCCCCC(=O)OCCO.OCCOc1ccccc1. The fourth-order valence-electron chi connectivity index (χ4n) is 3.55. The van der Waals surface area contributed by atoms with E-state index in [9.17, 15) is 4.79 Å². The molecule has 0 bridgehead atoms. The molecule has 33 heavy (non-hydrogen) atoms. The highest BCUT2D eigenvalue weighted by atomic mass is 16.5. The van der Waals surface area contributed by atoms with Crippen molar-refractivity contribution in [3.63, 3.8) is 0 Å². The highest BCUT2D eigenvalue weighted by molar-refractivity contribution is 5.69. The molecule has 1 aromatic rings. The first-order chi connectivity index (χ1) is 16.2. The predicted octanol–water partition coefficient (Wildman–Crippen LogP) is 6.84. The van der Waals surface area contributed by atoms with Gasteiger partial charge in [0, 0.05) is 6.42 Å². The number of rotatable bonds is 21. The summed E-state index contributed by atoms with van der Waals surface area (Å²) in [7, 11) is 0. The number of carbonyl (C=O) groups excluding carboxylic acids is 1. The first-order valence-electron chi connectivity index (χ1n) is 13.3. The van der Waals surface area contributed by atoms with Crippen molar-refractivity contribution in [3.8, 4) is 5.75 Å². The van der Waals surface area contributed by atoms with Gasteiger partial charge >= 0.3 is 5.97 Å². The smallest absolute Gasteiger partial charge is 0.305 e. The maximum atomic E-state index is 11.2. The van der Waals surface area contributed by atoms with Gasteiger partial charge in [0.1, 0.15) is 19.0 Å². The molecule has 5 heteroatoms. The van der Waals surface area contributed by atoms with E-state index in [1.807, 2.05) is 30.3 Å². The molecular formula is C28H50O5. The molecule has 0 unspecified atom stereocenters. The molecule has 0 aliphatic rings. The van der Waals surface area contributed by atoms with Crippen molar-refractivity contribution in [2.24, 2.45) is 0 Å². The standard InChI is InChI=1S/C20H40O3.C8H10O2/c1-2-3-4-5-6-7-8-9-10-11-12-13-14-15-16-17-20(22)23-19-18-21;9-6-7-10-8-4-2-1-3-5-8/h21H,2-19H2,1H3;1-5,9H,6-7H2. The zero-order chi connectivity index (χ0) is 24.2. The number of aliphatic hydroxyl groups excluding tert-OH is 2. The fraction of sp³-hybridized carbons (Fsp3) is 0.750. The number of carbonyl (C=O) groups is 1. The Labute approximate surface area is 202 Å². The molecule has 1 rings (SSSR count). The summed E-state index contributed by atoms with van der Waals surface area (Å²) in [5, 5.41) is 16.9. The summed E-state index contributed by atoms with van der Waals surface area (Å²) >= 11 is 0. The van der Waals surface area contributed by atoms with Crippen molar-refractivity contribution < 1.29 is 24.5 Å². The van der Waals surface area contributed by atoms with E-state index in [4.69, 9.17) is 19.7 Å². The molecule has 0 heterocycles. The molecule has 0 aliphatic carbocycles. The van der Waals surface area contributed by atoms with Crippen LogP contribution in [0.1, 0.15) is 110 Å². The minimum absolute atomic E-state index is 0.0644. The topological polar surface area (TPSA) is 76.0 Å². The van der Waals surface area contributed by atoms with Crippen LogP contribution in [0.25, 0.3) is 0 Å². The van der Waals surface area contributed by atoms with Crippen LogP contribution in [0.3, 0.4) is 0 Å². The molecule has 192 valence electrons. The van der Waals surface area contributed by atoms with Gasteiger partial charge in [-0.05, 0) is 18.6 Å². The molecule has 0 amide bonds. The lowest BCUT2D eigenvalue weighted by Gasteiger charge is -2.04. The van der Waals surface area contributed by atoms with Crippen molar-refractivity contribution >= 4 is 5.97 Å². The van der Waals surface area contributed by atoms with Crippen molar-refractivity contribution in [2.75, 3.05) is 26.4 Å². The van der Waals surface area contributed by atoms with E-state index in [-0.39, 0.29) is 25.8 Å². The maximum absolute atomic E-state index is 11.2. The lowest BCUT2D eigenvalue weighted by molar-refractivity contribution is -0.144. The van der Waals surface area contributed by atoms with E-state index < -0.39 is 0 Å². The van der Waals surface area contributed by atoms with Gasteiger partial charge in [-0.25, -0.2) is 0 Å². The lowest BCUT2D eigenvalue weighted by atomic mass is 10.0. The summed E-state index contributed by atoms with van der Waals surface area (Å²) in [6.07, 6.45) is 20.4. The zero-order valence-corrected chi connectivity index (χ0v) is 21.1. The van der Waals surface area contributed by atoms with E-state index in [1.54, 1.807) is 0 Å². The normalized spacial score (nSPS) is 10.4. The zero-order valence-electron chi connectivity index (χ0n) is 21.1. The Kier molecular flexibility index (Phi) is 25.4. The Morgan fingerprint density at radius 1 is 0.667 bits per heavy atom. The first-order valence-corrected chi connectivity index (χ1v) is 13.3. The predicted molar refractivity (Wildman–Crippen MR) is 137 cm³/mol. The number of esters is 1. The Hall–Kier alpha value is -1.59. The number of aliphatic hydroxyl groups is 2. The summed E-state index contributed by atoms with van der Waals surface area (Å²) < 4.78 is 9.93. The van der Waals surface area contributed by atoms with Gasteiger partial charge in [-0.1, -0.05) is 115 Å². The highest BCUT2D eigenvalue weighted by Crippen LogP contribution is 2.13. The second-order valence-electron chi connectivity index (χ2n) is 8.53. The summed E-state index contributed by atoms with van der Waals surface area (Å²) in [4.78, 5) is 11.2.